The SMILES string of the molecule is Cc1cnc(N2CCC[C@H](c3nncn3C3CC3)C2)nc1C. The van der Waals surface area contributed by atoms with E-state index in [2.05, 4.69) is 36.6 Å². The first-order valence-corrected chi connectivity index (χ1v) is 8.17. The van der Waals surface area contributed by atoms with Gasteiger partial charge in [0.25, 0.3) is 0 Å². The van der Waals surface area contributed by atoms with Gasteiger partial charge in [-0.3, -0.25) is 0 Å². The van der Waals surface area contributed by atoms with Gasteiger partial charge in [-0.2, -0.15) is 0 Å². The average Bonchev–Trinajstić information content (AvgIpc) is 3.27. The highest BCUT2D eigenvalue weighted by atomic mass is 15.3. The summed E-state index contributed by atoms with van der Waals surface area (Å²) in [4.78, 5) is 11.5. The first-order chi connectivity index (χ1) is 10.7. The largest absolute Gasteiger partial charge is 0.340 e. The molecule has 0 spiro atoms. The Morgan fingerprint density at radius 3 is 2.82 bits per heavy atom. The molecule has 2 aromatic rings. The summed E-state index contributed by atoms with van der Waals surface area (Å²) in [5, 5.41) is 8.55. The minimum absolute atomic E-state index is 0.432. The average molecular weight is 298 g/mol. The third kappa shape index (κ3) is 2.46. The van der Waals surface area contributed by atoms with Gasteiger partial charge in [-0.1, -0.05) is 0 Å². The Labute approximate surface area is 130 Å². The van der Waals surface area contributed by atoms with E-state index in [0.717, 1.165) is 42.5 Å². The van der Waals surface area contributed by atoms with Crippen LogP contribution in [0.2, 0.25) is 0 Å². The summed E-state index contributed by atoms with van der Waals surface area (Å²) in [5.74, 6) is 2.43. The van der Waals surface area contributed by atoms with Crippen LogP contribution in [-0.4, -0.2) is 37.8 Å². The molecule has 2 aromatic heterocycles. The molecule has 3 heterocycles. The molecule has 1 atom stereocenters. The van der Waals surface area contributed by atoms with Gasteiger partial charge in [-0.25, -0.2) is 9.97 Å². The van der Waals surface area contributed by atoms with Gasteiger partial charge in [-0.15, -0.1) is 10.2 Å². The molecule has 0 amide bonds. The zero-order chi connectivity index (χ0) is 15.1. The first kappa shape index (κ1) is 13.7. The second kappa shape index (κ2) is 5.34. The molecule has 0 aromatic carbocycles. The summed E-state index contributed by atoms with van der Waals surface area (Å²) in [5.41, 5.74) is 2.21. The molecule has 2 aliphatic rings. The molecular formula is C16H22N6. The van der Waals surface area contributed by atoms with Crippen molar-refractivity contribution in [1.29, 1.82) is 0 Å². The lowest BCUT2D eigenvalue weighted by molar-refractivity contribution is 0.466. The van der Waals surface area contributed by atoms with Crippen molar-refractivity contribution in [2.45, 2.75) is 51.5 Å². The van der Waals surface area contributed by atoms with E-state index in [4.69, 9.17) is 0 Å². The first-order valence-electron chi connectivity index (χ1n) is 8.17. The van der Waals surface area contributed by atoms with Crippen LogP contribution in [0.4, 0.5) is 5.95 Å². The summed E-state index contributed by atoms with van der Waals surface area (Å²) >= 11 is 0. The highest BCUT2D eigenvalue weighted by Gasteiger charge is 2.31. The minimum Gasteiger partial charge on any atom is -0.340 e. The third-order valence-corrected chi connectivity index (χ3v) is 4.82. The summed E-state index contributed by atoms with van der Waals surface area (Å²) in [6.45, 7) is 6.06. The van der Waals surface area contributed by atoms with E-state index >= 15 is 0 Å². The molecule has 6 nitrogen and oxygen atoms in total. The van der Waals surface area contributed by atoms with Gasteiger partial charge in [0, 0.05) is 36.9 Å². The molecule has 1 aliphatic carbocycles. The summed E-state index contributed by atoms with van der Waals surface area (Å²) in [7, 11) is 0. The van der Waals surface area contributed by atoms with Gasteiger partial charge in [0.05, 0.1) is 0 Å². The quantitative estimate of drug-likeness (QED) is 0.871. The van der Waals surface area contributed by atoms with Crippen LogP contribution in [0.15, 0.2) is 12.5 Å². The zero-order valence-corrected chi connectivity index (χ0v) is 13.2. The number of aromatic nitrogens is 5. The van der Waals surface area contributed by atoms with Gasteiger partial charge >= 0.3 is 0 Å². The number of aryl methyl sites for hydroxylation is 2. The molecule has 0 radical (unpaired) electrons. The second-order valence-corrected chi connectivity index (χ2v) is 6.55. The van der Waals surface area contributed by atoms with E-state index in [0.29, 0.717) is 12.0 Å². The Kier molecular flexibility index (Phi) is 3.32. The summed E-state index contributed by atoms with van der Waals surface area (Å²) in [6.07, 6.45) is 8.68. The van der Waals surface area contributed by atoms with Crippen LogP contribution in [0.5, 0.6) is 0 Å². The monoisotopic (exact) mass is 298 g/mol. The van der Waals surface area contributed by atoms with Crippen LogP contribution in [-0.2, 0) is 0 Å². The van der Waals surface area contributed by atoms with Crippen molar-refractivity contribution >= 4 is 5.95 Å². The van der Waals surface area contributed by atoms with Crippen molar-refractivity contribution in [2.75, 3.05) is 18.0 Å². The lowest BCUT2D eigenvalue weighted by atomic mass is 9.97. The van der Waals surface area contributed by atoms with Crippen molar-refractivity contribution in [1.82, 2.24) is 24.7 Å². The van der Waals surface area contributed by atoms with Gasteiger partial charge in [0.1, 0.15) is 12.2 Å². The maximum absolute atomic E-state index is 4.65. The Morgan fingerprint density at radius 1 is 1.18 bits per heavy atom. The molecule has 0 N–H and O–H groups in total. The predicted octanol–water partition coefficient (Wildman–Crippen LogP) is 2.40. The fourth-order valence-electron chi connectivity index (χ4n) is 3.21. The molecule has 1 saturated heterocycles. The Morgan fingerprint density at radius 2 is 2.05 bits per heavy atom. The molecule has 1 aliphatic heterocycles. The number of rotatable bonds is 3. The molecule has 6 heteroatoms. The maximum atomic E-state index is 4.65. The predicted molar refractivity (Wildman–Crippen MR) is 84.0 cm³/mol. The normalized spacial score (nSPS) is 22.1. The van der Waals surface area contributed by atoms with Crippen molar-refractivity contribution in [2.24, 2.45) is 0 Å². The maximum Gasteiger partial charge on any atom is 0.225 e. The Bertz CT molecular complexity index is 675. The van der Waals surface area contributed by atoms with Crippen LogP contribution < -0.4 is 4.90 Å². The third-order valence-electron chi connectivity index (χ3n) is 4.82. The molecule has 2 fully saturated rings. The van der Waals surface area contributed by atoms with E-state index in [-0.39, 0.29) is 0 Å². The van der Waals surface area contributed by atoms with Gasteiger partial charge in [-0.05, 0) is 45.1 Å². The topological polar surface area (TPSA) is 59.7 Å². The highest BCUT2D eigenvalue weighted by Crippen LogP contribution is 2.38. The van der Waals surface area contributed by atoms with Crippen molar-refractivity contribution in [3.05, 3.63) is 29.6 Å². The zero-order valence-electron chi connectivity index (χ0n) is 13.2. The van der Waals surface area contributed by atoms with Crippen LogP contribution in [0.25, 0.3) is 0 Å². The second-order valence-electron chi connectivity index (χ2n) is 6.55. The van der Waals surface area contributed by atoms with Crippen LogP contribution >= 0.6 is 0 Å². The number of hydrogen-bond donors (Lipinski definition) is 0. The molecule has 22 heavy (non-hydrogen) atoms. The van der Waals surface area contributed by atoms with E-state index in [1.807, 2.05) is 19.4 Å². The molecule has 1 saturated carbocycles. The molecule has 0 unspecified atom stereocenters. The fourth-order valence-corrected chi connectivity index (χ4v) is 3.21. The van der Waals surface area contributed by atoms with E-state index in [1.54, 1.807) is 0 Å². The smallest absolute Gasteiger partial charge is 0.225 e. The number of nitrogens with zero attached hydrogens (tertiary/aromatic N) is 6. The highest BCUT2D eigenvalue weighted by molar-refractivity contribution is 5.34. The Balaban J connectivity index is 1.56. The fraction of sp³-hybridized carbons (Fsp3) is 0.625. The molecular weight excluding hydrogens is 276 g/mol. The van der Waals surface area contributed by atoms with Crippen molar-refractivity contribution in [3.8, 4) is 0 Å². The van der Waals surface area contributed by atoms with Crippen molar-refractivity contribution < 1.29 is 0 Å². The lowest BCUT2D eigenvalue weighted by Crippen LogP contribution is -2.36. The minimum atomic E-state index is 0.432. The van der Waals surface area contributed by atoms with Gasteiger partial charge in [0.15, 0.2) is 0 Å². The van der Waals surface area contributed by atoms with E-state index in [1.165, 1.54) is 19.3 Å². The number of piperidine rings is 1. The van der Waals surface area contributed by atoms with E-state index in [9.17, 15) is 0 Å². The van der Waals surface area contributed by atoms with Gasteiger partial charge < -0.3 is 9.47 Å². The van der Waals surface area contributed by atoms with Crippen LogP contribution in [0.1, 0.15) is 54.7 Å². The Hall–Kier alpha value is -1.98. The van der Waals surface area contributed by atoms with Crippen molar-refractivity contribution in [3.63, 3.8) is 0 Å². The summed E-state index contributed by atoms with van der Waals surface area (Å²) < 4.78 is 2.29. The van der Waals surface area contributed by atoms with E-state index < -0.39 is 0 Å². The number of anilines is 1. The van der Waals surface area contributed by atoms with Crippen LogP contribution in [0.3, 0.4) is 0 Å². The molecule has 116 valence electrons. The standard InChI is InChI=1S/C16H22N6/c1-11-8-17-16(19-12(11)2)21-7-3-4-13(9-21)15-20-18-10-22(15)14-5-6-14/h8,10,13-14H,3-7,9H2,1-2H3/t13-/m0/s1. The molecule has 4 rings (SSSR count). The molecule has 0 bridgehead atoms. The number of hydrogen-bond acceptors (Lipinski definition) is 5. The lowest BCUT2D eigenvalue weighted by Gasteiger charge is -2.32. The summed E-state index contributed by atoms with van der Waals surface area (Å²) in [6, 6.07) is 0.637. The van der Waals surface area contributed by atoms with Crippen LogP contribution in [0, 0.1) is 13.8 Å². The van der Waals surface area contributed by atoms with Gasteiger partial charge in [0.2, 0.25) is 5.95 Å².